The summed E-state index contributed by atoms with van der Waals surface area (Å²) in [4.78, 5) is 26.2. The maximum absolute atomic E-state index is 12.4. The monoisotopic (exact) mass is 375 g/mol. The number of halogens is 1. The molecule has 5 nitrogen and oxygen atoms in total. The smallest absolute Gasteiger partial charge is 0.254 e. The second-order valence-corrected chi connectivity index (χ2v) is 6.38. The number of carbonyl (C=O) groups is 2. The van der Waals surface area contributed by atoms with Gasteiger partial charge in [0.2, 0.25) is 5.91 Å². The molecule has 0 radical (unpaired) electrons. The van der Waals surface area contributed by atoms with Crippen LogP contribution in [0.25, 0.3) is 0 Å². The summed E-state index contributed by atoms with van der Waals surface area (Å²) in [6.45, 7) is 6.37. The minimum atomic E-state index is -0.218. The summed E-state index contributed by atoms with van der Waals surface area (Å²) in [6, 6.07) is 11.1. The van der Waals surface area contributed by atoms with Gasteiger partial charge in [-0.15, -0.1) is 12.4 Å². The van der Waals surface area contributed by atoms with Crippen molar-refractivity contribution in [2.45, 2.75) is 27.3 Å². The van der Waals surface area contributed by atoms with Crippen molar-refractivity contribution in [2.75, 3.05) is 18.9 Å². The van der Waals surface area contributed by atoms with Crippen molar-refractivity contribution < 1.29 is 9.59 Å². The number of aryl methyl sites for hydroxylation is 3. The molecule has 0 aliphatic rings. The van der Waals surface area contributed by atoms with Crippen molar-refractivity contribution in [1.82, 2.24) is 4.90 Å². The zero-order valence-corrected chi connectivity index (χ0v) is 16.4. The van der Waals surface area contributed by atoms with E-state index in [9.17, 15) is 9.59 Å². The van der Waals surface area contributed by atoms with Crippen LogP contribution in [0.15, 0.2) is 36.4 Å². The Hall–Kier alpha value is -2.37. The van der Waals surface area contributed by atoms with E-state index in [-0.39, 0.29) is 30.8 Å². The summed E-state index contributed by atoms with van der Waals surface area (Å²) >= 11 is 0. The molecule has 0 unspecified atom stereocenters. The van der Waals surface area contributed by atoms with E-state index >= 15 is 0 Å². The largest absolute Gasteiger partial charge is 0.332 e. The number of carbonyl (C=O) groups excluding carboxylic acids is 2. The van der Waals surface area contributed by atoms with Crippen molar-refractivity contribution >= 4 is 29.9 Å². The fourth-order valence-electron chi connectivity index (χ4n) is 2.85. The molecule has 0 aromatic heterocycles. The molecule has 0 fully saturated rings. The van der Waals surface area contributed by atoms with E-state index in [2.05, 4.69) is 5.32 Å². The molecule has 6 heteroatoms. The molecule has 0 atom stereocenters. The van der Waals surface area contributed by atoms with Crippen LogP contribution >= 0.6 is 12.4 Å². The third kappa shape index (κ3) is 5.31. The molecular formula is C20H26ClN3O2. The zero-order chi connectivity index (χ0) is 18.6. The number of likely N-dealkylation sites (N-methyl/N-ethyl adjacent to an activating group) is 1. The number of nitrogens with one attached hydrogen (secondary N) is 1. The third-order valence-corrected chi connectivity index (χ3v) is 4.11. The molecule has 0 saturated carbocycles. The van der Waals surface area contributed by atoms with Crippen molar-refractivity contribution in [3.8, 4) is 0 Å². The lowest BCUT2D eigenvalue weighted by Crippen LogP contribution is -2.35. The molecule has 0 heterocycles. The molecule has 2 aromatic carbocycles. The summed E-state index contributed by atoms with van der Waals surface area (Å²) in [6.07, 6.45) is 0. The van der Waals surface area contributed by atoms with E-state index in [0.717, 1.165) is 27.9 Å². The van der Waals surface area contributed by atoms with Crippen molar-refractivity contribution in [1.29, 1.82) is 0 Å². The molecule has 26 heavy (non-hydrogen) atoms. The maximum Gasteiger partial charge on any atom is 0.254 e. The van der Waals surface area contributed by atoms with Gasteiger partial charge in [0.15, 0.2) is 0 Å². The topological polar surface area (TPSA) is 75.4 Å². The van der Waals surface area contributed by atoms with Crippen LogP contribution in [0.3, 0.4) is 0 Å². The van der Waals surface area contributed by atoms with Crippen LogP contribution < -0.4 is 11.1 Å². The highest BCUT2D eigenvalue weighted by molar-refractivity contribution is 5.99. The van der Waals surface area contributed by atoms with Crippen LogP contribution in [-0.4, -0.2) is 30.3 Å². The standard InChI is InChI=1S/C20H25N3O2.ClH/c1-13-9-14(2)19(15(3)10-13)22-18(24)12-23(4)20(25)17-7-5-16(11-21)6-8-17;/h5-10H,11-12,21H2,1-4H3,(H,22,24);1H. The minimum Gasteiger partial charge on any atom is -0.332 e. The summed E-state index contributed by atoms with van der Waals surface area (Å²) in [5.74, 6) is -0.416. The SMILES string of the molecule is Cc1cc(C)c(NC(=O)CN(C)C(=O)c2ccc(CN)cc2)c(C)c1.Cl. The molecular weight excluding hydrogens is 350 g/mol. The van der Waals surface area contributed by atoms with Gasteiger partial charge in [0.25, 0.3) is 5.91 Å². The fraction of sp³-hybridized carbons (Fsp3) is 0.300. The molecule has 0 aliphatic carbocycles. The lowest BCUT2D eigenvalue weighted by Gasteiger charge is -2.18. The first kappa shape index (κ1) is 21.7. The van der Waals surface area contributed by atoms with Crippen molar-refractivity contribution in [3.63, 3.8) is 0 Å². The highest BCUT2D eigenvalue weighted by Gasteiger charge is 2.16. The first-order valence-corrected chi connectivity index (χ1v) is 8.24. The van der Waals surface area contributed by atoms with Gasteiger partial charge >= 0.3 is 0 Å². The molecule has 0 saturated heterocycles. The number of rotatable bonds is 5. The lowest BCUT2D eigenvalue weighted by molar-refractivity contribution is -0.116. The van der Waals surface area contributed by atoms with E-state index in [1.807, 2.05) is 45.0 Å². The third-order valence-electron chi connectivity index (χ3n) is 4.11. The highest BCUT2D eigenvalue weighted by Crippen LogP contribution is 2.21. The molecule has 3 N–H and O–H groups in total. The molecule has 0 spiro atoms. The average Bonchev–Trinajstić information content (AvgIpc) is 2.57. The quantitative estimate of drug-likeness (QED) is 0.842. The normalized spacial score (nSPS) is 10.0. The van der Waals surface area contributed by atoms with Crippen LogP contribution in [-0.2, 0) is 11.3 Å². The first-order valence-electron chi connectivity index (χ1n) is 8.24. The zero-order valence-electron chi connectivity index (χ0n) is 15.6. The molecule has 140 valence electrons. The number of amides is 2. The van der Waals surface area contributed by atoms with Gasteiger partial charge in [-0.3, -0.25) is 9.59 Å². The predicted octanol–water partition coefficient (Wildman–Crippen LogP) is 3.20. The van der Waals surface area contributed by atoms with Crippen LogP contribution in [0.1, 0.15) is 32.6 Å². The molecule has 2 aromatic rings. The number of nitrogens with two attached hydrogens (primary N) is 1. The van der Waals surface area contributed by atoms with Crippen molar-refractivity contribution in [2.24, 2.45) is 5.73 Å². The number of benzene rings is 2. The Morgan fingerprint density at radius 1 is 1.04 bits per heavy atom. The average molecular weight is 376 g/mol. The Bertz CT molecular complexity index is 765. The minimum absolute atomic E-state index is 0. The predicted molar refractivity (Wildman–Crippen MR) is 108 cm³/mol. The van der Waals surface area contributed by atoms with E-state index < -0.39 is 0 Å². The van der Waals surface area contributed by atoms with Crippen LogP contribution in [0.2, 0.25) is 0 Å². The molecule has 0 aliphatic heterocycles. The maximum atomic E-state index is 12.4. The number of anilines is 1. The van der Waals surface area contributed by atoms with Gasteiger partial charge < -0.3 is 16.0 Å². The van der Waals surface area contributed by atoms with Gasteiger partial charge in [0, 0.05) is 24.8 Å². The van der Waals surface area contributed by atoms with Gasteiger partial charge in [-0.05, 0) is 49.6 Å². The van der Waals surface area contributed by atoms with Crippen LogP contribution in [0.4, 0.5) is 5.69 Å². The van der Waals surface area contributed by atoms with Gasteiger partial charge in [-0.2, -0.15) is 0 Å². The molecule has 2 rings (SSSR count). The fourth-order valence-corrected chi connectivity index (χ4v) is 2.85. The van der Waals surface area contributed by atoms with Crippen molar-refractivity contribution in [3.05, 3.63) is 64.2 Å². The summed E-state index contributed by atoms with van der Waals surface area (Å²) in [7, 11) is 1.62. The number of hydrogen-bond donors (Lipinski definition) is 2. The van der Waals surface area contributed by atoms with Gasteiger partial charge in [0.1, 0.15) is 0 Å². The summed E-state index contributed by atoms with van der Waals surface area (Å²) in [5, 5.41) is 2.91. The lowest BCUT2D eigenvalue weighted by atomic mass is 10.1. The second kappa shape index (κ2) is 9.36. The van der Waals surface area contributed by atoms with E-state index in [1.54, 1.807) is 19.2 Å². The number of nitrogens with zero attached hydrogens (tertiary/aromatic N) is 1. The Kier molecular flexibility index (Phi) is 7.80. The van der Waals surface area contributed by atoms with E-state index in [0.29, 0.717) is 12.1 Å². The van der Waals surface area contributed by atoms with E-state index in [1.165, 1.54) is 4.90 Å². The first-order chi connectivity index (χ1) is 11.8. The van der Waals surface area contributed by atoms with Crippen LogP contribution in [0, 0.1) is 20.8 Å². The summed E-state index contributed by atoms with van der Waals surface area (Å²) in [5.41, 5.74) is 11.0. The molecule has 2 amide bonds. The van der Waals surface area contributed by atoms with E-state index in [4.69, 9.17) is 5.73 Å². The van der Waals surface area contributed by atoms with Crippen LogP contribution in [0.5, 0.6) is 0 Å². The molecule has 0 bridgehead atoms. The van der Waals surface area contributed by atoms with Gasteiger partial charge in [-0.1, -0.05) is 29.8 Å². The Balaban J connectivity index is 0.00000338. The van der Waals surface area contributed by atoms with Gasteiger partial charge in [0.05, 0.1) is 6.54 Å². The highest BCUT2D eigenvalue weighted by atomic mass is 35.5. The number of hydrogen-bond acceptors (Lipinski definition) is 3. The Morgan fingerprint density at radius 3 is 2.08 bits per heavy atom. The Labute approximate surface area is 161 Å². The summed E-state index contributed by atoms with van der Waals surface area (Å²) < 4.78 is 0. The van der Waals surface area contributed by atoms with Gasteiger partial charge in [-0.25, -0.2) is 0 Å². The Morgan fingerprint density at radius 2 is 1.58 bits per heavy atom. The second-order valence-electron chi connectivity index (χ2n) is 6.38.